The van der Waals surface area contributed by atoms with Gasteiger partial charge in [-0.05, 0) is 17.5 Å². The highest BCUT2D eigenvalue weighted by Crippen LogP contribution is 2.27. The first-order valence-electron chi connectivity index (χ1n) is 4.02. The Balaban J connectivity index is 3.44. The lowest BCUT2D eigenvalue weighted by molar-refractivity contribution is 0.0695. The molecule has 0 unspecified atom stereocenters. The van der Waals surface area contributed by atoms with Crippen molar-refractivity contribution in [1.29, 1.82) is 0 Å². The summed E-state index contributed by atoms with van der Waals surface area (Å²) in [5.74, 6) is -1.04. The van der Waals surface area contributed by atoms with Gasteiger partial charge in [0.15, 0.2) is 0 Å². The molecule has 0 aliphatic heterocycles. The fraction of sp³-hybridized carbons (Fsp3) is 0.333. The Hall–Kier alpha value is -0.800. The van der Waals surface area contributed by atoms with Gasteiger partial charge in [0.05, 0.1) is 0 Å². The lowest BCUT2D eigenvalue weighted by Gasteiger charge is -2.10. The molecule has 0 aliphatic rings. The van der Waals surface area contributed by atoms with E-state index in [0.717, 1.165) is 0 Å². The van der Waals surface area contributed by atoms with Crippen LogP contribution in [0.5, 0.6) is 0 Å². The maximum atomic E-state index is 10.9. The monoisotopic (exact) mass is 233 g/mol. The molecule has 0 saturated carbocycles. The molecule has 0 amide bonds. The van der Waals surface area contributed by atoms with Crippen molar-refractivity contribution in [1.82, 2.24) is 4.98 Å². The first kappa shape index (κ1) is 11.3. The Morgan fingerprint density at radius 3 is 2.50 bits per heavy atom. The molecule has 0 aromatic carbocycles. The third-order valence-electron chi connectivity index (χ3n) is 1.81. The van der Waals surface area contributed by atoms with E-state index in [2.05, 4.69) is 4.98 Å². The van der Waals surface area contributed by atoms with Crippen LogP contribution in [0.15, 0.2) is 6.07 Å². The van der Waals surface area contributed by atoms with Crippen molar-refractivity contribution in [3.63, 3.8) is 0 Å². The fourth-order valence-corrected chi connectivity index (χ4v) is 1.69. The van der Waals surface area contributed by atoms with E-state index in [1.807, 2.05) is 13.8 Å². The largest absolute Gasteiger partial charge is 0.478 e. The molecular weight excluding hydrogens is 225 g/mol. The Bertz CT molecular complexity index is 377. The van der Waals surface area contributed by atoms with Gasteiger partial charge < -0.3 is 5.11 Å². The molecular formula is C9H9Cl2NO2. The zero-order valence-electron chi connectivity index (χ0n) is 7.71. The molecule has 1 heterocycles. The topological polar surface area (TPSA) is 50.2 Å². The molecule has 0 fully saturated rings. The van der Waals surface area contributed by atoms with Crippen LogP contribution in [0.4, 0.5) is 0 Å². The van der Waals surface area contributed by atoms with E-state index < -0.39 is 5.97 Å². The van der Waals surface area contributed by atoms with Gasteiger partial charge >= 0.3 is 5.97 Å². The van der Waals surface area contributed by atoms with Gasteiger partial charge in [-0.1, -0.05) is 37.0 Å². The highest BCUT2D eigenvalue weighted by Gasteiger charge is 2.18. The van der Waals surface area contributed by atoms with Crippen LogP contribution in [0.25, 0.3) is 0 Å². The maximum Gasteiger partial charge on any atom is 0.339 e. The molecule has 3 nitrogen and oxygen atoms in total. The van der Waals surface area contributed by atoms with Gasteiger partial charge in [0.25, 0.3) is 0 Å². The van der Waals surface area contributed by atoms with Crippen molar-refractivity contribution in [3.05, 3.63) is 27.5 Å². The predicted molar refractivity (Wildman–Crippen MR) is 55.3 cm³/mol. The highest BCUT2D eigenvalue weighted by atomic mass is 35.5. The van der Waals surface area contributed by atoms with E-state index >= 15 is 0 Å². The smallest absolute Gasteiger partial charge is 0.339 e. The molecule has 1 rings (SSSR count). The number of aromatic nitrogens is 1. The third kappa shape index (κ3) is 2.16. The summed E-state index contributed by atoms with van der Waals surface area (Å²) >= 11 is 11.4. The third-order valence-corrected chi connectivity index (χ3v) is 2.28. The summed E-state index contributed by atoms with van der Waals surface area (Å²) in [6.07, 6.45) is 0. The van der Waals surface area contributed by atoms with Gasteiger partial charge in [-0.3, -0.25) is 0 Å². The number of carboxylic acids is 1. The summed E-state index contributed by atoms with van der Waals surface area (Å²) in [6, 6.07) is 1.53. The van der Waals surface area contributed by atoms with Crippen molar-refractivity contribution in [2.45, 2.75) is 19.8 Å². The molecule has 0 atom stereocenters. The summed E-state index contributed by atoms with van der Waals surface area (Å²) in [5.41, 5.74) is 0.633. The minimum absolute atomic E-state index is 0.0334. The van der Waals surface area contributed by atoms with E-state index in [9.17, 15) is 4.79 Å². The summed E-state index contributed by atoms with van der Waals surface area (Å²) in [7, 11) is 0. The number of carboxylic acid groups (broad SMARTS) is 1. The Kier molecular flexibility index (Phi) is 3.34. The van der Waals surface area contributed by atoms with E-state index in [0.29, 0.717) is 5.56 Å². The zero-order valence-corrected chi connectivity index (χ0v) is 9.23. The van der Waals surface area contributed by atoms with Gasteiger partial charge in [-0.2, -0.15) is 0 Å². The molecule has 5 heteroatoms. The predicted octanol–water partition coefficient (Wildman–Crippen LogP) is 3.21. The minimum Gasteiger partial charge on any atom is -0.478 e. The summed E-state index contributed by atoms with van der Waals surface area (Å²) in [5, 5.41) is 9.07. The summed E-state index contributed by atoms with van der Waals surface area (Å²) in [4.78, 5) is 14.6. The normalized spacial score (nSPS) is 10.6. The first-order valence-corrected chi connectivity index (χ1v) is 4.78. The summed E-state index contributed by atoms with van der Waals surface area (Å²) in [6.45, 7) is 3.74. The second-order valence-corrected chi connectivity index (χ2v) is 3.91. The number of aromatic carboxylic acids is 1. The van der Waals surface area contributed by atoms with Crippen LogP contribution in [-0.4, -0.2) is 16.1 Å². The SMILES string of the molecule is CC(C)c1cc(Cl)nc(Cl)c1C(=O)O. The molecule has 1 N–H and O–H groups in total. The second kappa shape index (κ2) is 4.15. The molecule has 1 aromatic rings. The summed E-state index contributed by atoms with van der Waals surface area (Å²) < 4.78 is 0. The zero-order chi connectivity index (χ0) is 10.9. The van der Waals surface area contributed by atoms with Crippen LogP contribution < -0.4 is 0 Å². The van der Waals surface area contributed by atoms with Crippen LogP contribution in [0.2, 0.25) is 10.3 Å². The number of hydrogen-bond acceptors (Lipinski definition) is 2. The van der Waals surface area contributed by atoms with Crippen molar-refractivity contribution in [2.24, 2.45) is 0 Å². The van der Waals surface area contributed by atoms with Gasteiger partial charge in [0, 0.05) is 0 Å². The minimum atomic E-state index is -1.08. The molecule has 14 heavy (non-hydrogen) atoms. The number of hydrogen-bond donors (Lipinski definition) is 1. The number of pyridine rings is 1. The Morgan fingerprint density at radius 1 is 1.50 bits per heavy atom. The Morgan fingerprint density at radius 2 is 2.07 bits per heavy atom. The van der Waals surface area contributed by atoms with Crippen LogP contribution >= 0.6 is 23.2 Å². The molecule has 1 aromatic heterocycles. The quantitative estimate of drug-likeness (QED) is 0.799. The number of nitrogens with zero attached hydrogens (tertiary/aromatic N) is 1. The van der Waals surface area contributed by atoms with Gasteiger partial charge in [-0.25, -0.2) is 9.78 Å². The molecule has 76 valence electrons. The fourth-order valence-electron chi connectivity index (χ4n) is 1.17. The van der Waals surface area contributed by atoms with E-state index in [1.54, 1.807) is 0 Å². The molecule has 0 spiro atoms. The Labute approximate surface area is 91.7 Å². The number of halogens is 2. The second-order valence-electron chi connectivity index (χ2n) is 3.16. The standard InChI is InChI=1S/C9H9Cl2NO2/c1-4(2)5-3-6(10)12-8(11)7(5)9(13)14/h3-4H,1-2H3,(H,13,14). The first-order chi connectivity index (χ1) is 6.43. The molecule has 0 saturated heterocycles. The average Bonchev–Trinajstić information content (AvgIpc) is 2.01. The van der Waals surface area contributed by atoms with Crippen LogP contribution in [-0.2, 0) is 0 Å². The van der Waals surface area contributed by atoms with Crippen molar-refractivity contribution in [3.8, 4) is 0 Å². The average molecular weight is 234 g/mol. The van der Waals surface area contributed by atoms with Crippen LogP contribution in [0, 0.1) is 0 Å². The number of carbonyl (C=O) groups is 1. The van der Waals surface area contributed by atoms with E-state index in [4.69, 9.17) is 28.3 Å². The van der Waals surface area contributed by atoms with Crippen LogP contribution in [0.1, 0.15) is 35.7 Å². The van der Waals surface area contributed by atoms with Gasteiger partial charge in [0.2, 0.25) is 0 Å². The van der Waals surface area contributed by atoms with Crippen LogP contribution in [0.3, 0.4) is 0 Å². The van der Waals surface area contributed by atoms with E-state index in [1.165, 1.54) is 6.07 Å². The molecule has 0 aliphatic carbocycles. The van der Waals surface area contributed by atoms with Crippen molar-refractivity contribution < 1.29 is 9.90 Å². The lowest BCUT2D eigenvalue weighted by Crippen LogP contribution is -2.06. The maximum absolute atomic E-state index is 10.9. The van der Waals surface area contributed by atoms with E-state index in [-0.39, 0.29) is 21.8 Å². The van der Waals surface area contributed by atoms with Gasteiger partial charge in [0.1, 0.15) is 15.9 Å². The highest BCUT2D eigenvalue weighted by molar-refractivity contribution is 6.34. The number of rotatable bonds is 2. The lowest BCUT2D eigenvalue weighted by atomic mass is 9.99. The van der Waals surface area contributed by atoms with Crippen molar-refractivity contribution in [2.75, 3.05) is 0 Å². The van der Waals surface area contributed by atoms with Crippen molar-refractivity contribution >= 4 is 29.2 Å². The molecule has 0 radical (unpaired) electrons. The molecule has 0 bridgehead atoms. The van der Waals surface area contributed by atoms with Gasteiger partial charge in [-0.15, -0.1) is 0 Å².